The zero-order chi connectivity index (χ0) is 44.4. The minimum atomic E-state index is -2.64. The number of nitrogens with two attached hydrogens (primary N) is 2. The van der Waals surface area contributed by atoms with Crippen molar-refractivity contribution in [2.75, 3.05) is 14.1 Å². The molecule has 3 aromatic rings. The van der Waals surface area contributed by atoms with Gasteiger partial charge in [-0.3, -0.25) is 33.7 Å². The fourth-order valence-electron chi connectivity index (χ4n) is 9.94. The van der Waals surface area contributed by atoms with E-state index in [1.807, 2.05) is 0 Å². The van der Waals surface area contributed by atoms with Gasteiger partial charge in [-0.1, -0.05) is 24.3 Å². The molecule has 0 spiro atoms. The molecular formula is C43H43N3O14. The van der Waals surface area contributed by atoms with Crippen LogP contribution < -0.4 is 11.5 Å². The van der Waals surface area contributed by atoms with Gasteiger partial charge in [0.15, 0.2) is 28.6 Å². The Morgan fingerprint density at radius 1 is 0.783 bits per heavy atom. The van der Waals surface area contributed by atoms with E-state index in [9.17, 15) is 69.6 Å². The summed E-state index contributed by atoms with van der Waals surface area (Å²) in [5.41, 5.74) is 6.21. The number of aliphatic hydroxyl groups excluding tert-OH is 3. The molecule has 1 amide bonds. The van der Waals surface area contributed by atoms with Gasteiger partial charge in [0.05, 0.1) is 28.6 Å². The zero-order valence-corrected chi connectivity index (χ0v) is 33.0. The molecule has 8 rings (SSSR count). The van der Waals surface area contributed by atoms with Gasteiger partial charge in [0.1, 0.15) is 45.7 Å². The van der Waals surface area contributed by atoms with Gasteiger partial charge in [-0.2, -0.15) is 0 Å². The van der Waals surface area contributed by atoms with Gasteiger partial charge in [-0.15, -0.1) is 0 Å². The lowest BCUT2D eigenvalue weighted by Gasteiger charge is -2.50. The number of carbonyl (C=O) groups is 6. The third-order valence-corrected chi connectivity index (χ3v) is 12.9. The van der Waals surface area contributed by atoms with Crippen LogP contribution in [0.5, 0.6) is 17.2 Å². The first kappa shape index (κ1) is 41.7. The van der Waals surface area contributed by atoms with Crippen LogP contribution in [0.25, 0.3) is 16.5 Å². The molecule has 3 aromatic carbocycles. The topological polar surface area (TPSA) is 320 Å². The van der Waals surface area contributed by atoms with E-state index in [1.54, 1.807) is 52.2 Å². The Bertz CT molecular complexity index is 2660. The number of hydrogen-bond donors (Lipinski definition) is 10. The van der Waals surface area contributed by atoms with Crippen molar-refractivity contribution in [3.63, 3.8) is 0 Å². The molecule has 17 heteroatoms. The summed E-state index contributed by atoms with van der Waals surface area (Å²) in [6.45, 7) is 4.35. The van der Waals surface area contributed by atoms with Crippen LogP contribution in [0.3, 0.4) is 0 Å². The summed E-state index contributed by atoms with van der Waals surface area (Å²) in [6.07, 6.45) is 0.286. The molecule has 0 bridgehead atoms. The van der Waals surface area contributed by atoms with E-state index in [0.717, 1.165) is 6.92 Å². The van der Waals surface area contributed by atoms with E-state index >= 15 is 0 Å². The van der Waals surface area contributed by atoms with Crippen LogP contribution in [0.15, 0.2) is 58.6 Å². The highest BCUT2D eigenvalue weighted by molar-refractivity contribution is 6.26. The predicted molar refractivity (Wildman–Crippen MR) is 211 cm³/mol. The number of likely N-dealkylation sites (N-methyl/N-ethyl adjacent to an activating group) is 1. The Morgan fingerprint density at radius 3 is 2.00 bits per heavy atom. The number of primary amides is 1. The minimum Gasteiger partial charge on any atom is -0.508 e. The van der Waals surface area contributed by atoms with Crippen LogP contribution in [0.1, 0.15) is 51.5 Å². The number of phenols is 3. The second-order valence-electron chi connectivity index (χ2n) is 16.3. The first-order chi connectivity index (χ1) is 28.0. The molecule has 1 saturated carbocycles. The Labute approximate surface area is 341 Å². The number of rotatable bonds is 3. The molecule has 0 aromatic heterocycles. The number of benzene rings is 3. The van der Waals surface area contributed by atoms with Crippen molar-refractivity contribution >= 4 is 51.4 Å². The average Bonchev–Trinajstić information content (AvgIpc) is 3.16. The number of aliphatic hydroxyl groups is 5. The number of aromatic hydroxyl groups is 3. The van der Waals surface area contributed by atoms with Crippen molar-refractivity contribution in [3.05, 3.63) is 92.0 Å². The van der Waals surface area contributed by atoms with Crippen molar-refractivity contribution in [2.45, 2.75) is 63.3 Å². The predicted octanol–water partition coefficient (Wildman–Crippen LogP) is 1.23. The molecular weight excluding hydrogens is 782 g/mol. The molecule has 1 fully saturated rings. The van der Waals surface area contributed by atoms with Gasteiger partial charge >= 0.3 is 0 Å². The van der Waals surface area contributed by atoms with Crippen LogP contribution in [-0.4, -0.2) is 118 Å². The number of fused-ring (bicyclic) bond motifs is 6. The van der Waals surface area contributed by atoms with Crippen molar-refractivity contribution in [1.82, 2.24) is 4.90 Å². The van der Waals surface area contributed by atoms with Crippen LogP contribution in [0.4, 0.5) is 0 Å². The number of nitrogens with zero attached hydrogens (tertiary/aromatic N) is 1. The fraction of sp³-hybridized carbons (Fsp3) is 0.349. The third-order valence-electron chi connectivity index (χ3n) is 12.9. The molecule has 12 N–H and O–H groups in total. The Balaban J connectivity index is 0.000000181. The maximum Gasteiger partial charge on any atom is 0.255 e. The van der Waals surface area contributed by atoms with E-state index in [1.165, 1.54) is 11.0 Å². The Morgan fingerprint density at radius 2 is 1.40 bits per heavy atom. The van der Waals surface area contributed by atoms with Gasteiger partial charge in [0.2, 0.25) is 11.6 Å². The number of carbonyl (C=O) groups excluding carboxylic acids is 6. The number of amides is 1. The molecule has 5 aliphatic rings. The molecule has 5 aliphatic carbocycles. The molecule has 17 nitrogen and oxygen atoms in total. The zero-order valence-electron chi connectivity index (χ0n) is 33.0. The second kappa shape index (κ2) is 13.8. The highest BCUT2D eigenvalue weighted by atomic mass is 16.4. The van der Waals surface area contributed by atoms with Crippen molar-refractivity contribution in [3.8, 4) is 17.2 Å². The lowest BCUT2D eigenvalue weighted by Crippen LogP contribution is -2.65. The first-order valence-corrected chi connectivity index (χ1v) is 18.9. The van der Waals surface area contributed by atoms with E-state index < -0.39 is 110 Å². The average molecular weight is 826 g/mol. The van der Waals surface area contributed by atoms with Crippen molar-refractivity contribution in [2.24, 2.45) is 29.2 Å². The summed E-state index contributed by atoms with van der Waals surface area (Å²) in [5, 5.41) is 87.0. The van der Waals surface area contributed by atoms with E-state index in [-0.39, 0.29) is 46.4 Å². The van der Waals surface area contributed by atoms with Gasteiger partial charge in [-0.05, 0) is 93.8 Å². The van der Waals surface area contributed by atoms with E-state index in [4.69, 9.17) is 11.5 Å². The SMILES string of the molecule is CC(=O)C1=C(O)[C@@]2(O)C(=O)c3c(c(C)c4ccc(C)c(O)c4c3O)C[C@H]2[C@@H](N)C1=O.CN(C)[C@@H]1C(=O)C(C(N)=O)=C(O)[C@@]2(O)C(=O)C3=C(O)c4c(O)cccc4C[C@H]3C[C@@H]12. The lowest BCUT2D eigenvalue weighted by molar-refractivity contribution is -0.153. The third kappa shape index (κ3) is 5.39. The standard InChI is InChI=1S/C22H21NO7.C21H22N2O7/c1-7-4-5-10-8(2)11-6-12-16(23)19(27)13(9(3)24)20(28)22(12,30)21(29)15(11)18(26)14(10)17(7)25;1-23(2)15-10-7-9-6-8-4-3-5-11(24)12(8)16(25)13(9)18(27)21(10,30)19(28)14(17(15)26)20(22)29/h4-5,12,16,25-26,28,30H,6,23H2,1-3H3;3-5,9-10,15,24-25,28,30H,6-7H2,1-2H3,(H2,22,29)/t12-,16+,22+;9-,10-,15-,21-/m00/s1. The second-order valence-corrected chi connectivity index (χ2v) is 16.3. The number of Topliss-reactive ketones (excluding diaryl/α,β-unsaturated/α-hetero) is 5. The number of aryl methyl sites for hydroxylation is 2. The Hall–Kier alpha value is -6.40. The molecule has 314 valence electrons. The van der Waals surface area contributed by atoms with Crippen molar-refractivity contribution in [1.29, 1.82) is 0 Å². The summed E-state index contributed by atoms with van der Waals surface area (Å²) in [4.78, 5) is 77.7. The Kier molecular flexibility index (Phi) is 9.63. The maximum absolute atomic E-state index is 13.5. The molecule has 60 heavy (non-hydrogen) atoms. The molecule has 0 saturated heterocycles. The molecule has 0 radical (unpaired) electrons. The van der Waals surface area contributed by atoms with Crippen LogP contribution >= 0.6 is 0 Å². The fourth-order valence-corrected chi connectivity index (χ4v) is 9.94. The highest BCUT2D eigenvalue weighted by Gasteiger charge is 2.64. The summed E-state index contributed by atoms with van der Waals surface area (Å²) >= 11 is 0. The normalized spacial score (nSPS) is 28.4. The summed E-state index contributed by atoms with van der Waals surface area (Å²) in [6, 6.07) is 5.59. The number of ketones is 5. The first-order valence-electron chi connectivity index (χ1n) is 18.9. The lowest BCUT2D eigenvalue weighted by atomic mass is 9.57. The smallest absolute Gasteiger partial charge is 0.255 e. The summed E-state index contributed by atoms with van der Waals surface area (Å²) in [5.74, 6) is -12.2. The van der Waals surface area contributed by atoms with E-state index in [2.05, 4.69) is 0 Å². The number of phenolic OH excluding ortho intramolecular Hbond substituents is 3. The van der Waals surface area contributed by atoms with Crippen molar-refractivity contribution < 1.29 is 69.6 Å². The minimum absolute atomic E-state index is 0.0492. The quantitative estimate of drug-likeness (QED) is 0.166. The molecule has 0 aliphatic heterocycles. The monoisotopic (exact) mass is 825 g/mol. The molecule has 7 atom stereocenters. The molecule has 0 unspecified atom stereocenters. The van der Waals surface area contributed by atoms with Crippen LogP contribution in [0, 0.1) is 31.6 Å². The van der Waals surface area contributed by atoms with Gasteiger partial charge in [-0.25, -0.2) is 0 Å². The van der Waals surface area contributed by atoms with E-state index in [0.29, 0.717) is 34.1 Å². The van der Waals surface area contributed by atoms with Gasteiger partial charge in [0.25, 0.3) is 5.91 Å². The van der Waals surface area contributed by atoms with Crippen LogP contribution in [-0.2, 0) is 36.8 Å². The summed E-state index contributed by atoms with van der Waals surface area (Å²) in [7, 11) is 3.12. The van der Waals surface area contributed by atoms with Crippen LogP contribution in [0.2, 0.25) is 0 Å². The summed E-state index contributed by atoms with van der Waals surface area (Å²) < 4.78 is 0. The number of hydrogen-bond acceptors (Lipinski definition) is 16. The highest BCUT2D eigenvalue weighted by Crippen LogP contribution is 2.53. The van der Waals surface area contributed by atoms with Gasteiger partial charge in [0, 0.05) is 17.4 Å². The largest absolute Gasteiger partial charge is 0.508 e. The molecule has 0 heterocycles. The van der Waals surface area contributed by atoms with Gasteiger partial charge < -0.3 is 52.3 Å². The maximum atomic E-state index is 13.5.